The Morgan fingerprint density at radius 3 is 2.80 bits per heavy atom. The molecule has 116 valence electrons. The lowest BCUT2D eigenvalue weighted by Gasteiger charge is -2.41. The summed E-state index contributed by atoms with van der Waals surface area (Å²) in [5.74, 6) is 1.12. The summed E-state index contributed by atoms with van der Waals surface area (Å²) in [4.78, 5) is 12.3. The van der Waals surface area contributed by atoms with Crippen molar-refractivity contribution in [2.45, 2.75) is 64.0 Å². The van der Waals surface area contributed by atoms with Crippen LogP contribution in [0.3, 0.4) is 0 Å². The van der Waals surface area contributed by atoms with Gasteiger partial charge in [0.25, 0.3) is 0 Å². The lowest BCUT2D eigenvalue weighted by molar-refractivity contribution is -0.151. The van der Waals surface area contributed by atoms with Crippen LogP contribution in [-0.4, -0.2) is 37.9 Å². The van der Waals surface area contributed by atoms with Gasteiger partial charge in [0.2, 0.25) is 0 Å². The van der Waals surface area contributed by atoms with E-state index in [-0.39, 0.29) is 12.1 Å². The van der Waals surface area contributed by atoms with E-state index in [4.69, 9.17) is 9.47 Å². The van der Waals surface area contributed by atoms with Gasteiger partial charge in [-0.05, 0) is 37.5 Å². The van der Waals surface area contributed by atoms with Crippen LogP contribution in [0.2, 0.25) is 0 Å². The maximum absolute atomic E-state index is 12.3. The molecule has 1 saturated carbocycles. The van der Waals surface area contributed by atoms with Gasteiger partial charge in [-0.25, -0.2) is 0 Å². The van der Waals surface area contributed by atoms with Crippen LogP contribution >= 0.6 is 0 Å². The van der Waals surface area contributed by atoms with Crippen molar-refractivity contribution in [3.8, 4) is 0 Å². The molecule has 3 unspecified atom stereocenters. The van der Waals surface area contributed by atoms with Crippen molar-refractivity contribution in [3.05, 3.63) is 0 Å². The number of carbonyl (C=O) groups is 1. The van der Waals surface area contributed by atoms with Crippen LogP contribution in [0.4, 0.5) is 0 Å². The van der Waals surface area contributed by atoms with Crippen LogP contribution in [0, 0.1) is 11.8 Å². The number of nitrogens with one attached hydrogen (secondary N) is 1. The van der Waals surface area contributed by atoms with Crippen molar-refractivity contribution >= 4 is 5.97 Å². The first-order valence-corrected chi connectivity index (χ1v) is 8.02. The first-order chi connectivity index (χ1) is 9.57. The third-order valence-electron chi connectivity index (χ3n) is 5.00. The Kier molecular flexibility index (Phi) is 5.44. The quantitative estimate of drug-likeness (QED) is 0.788. The predicted octanol–water partition coefficient (Wildman–Crippen LogP) is 2.51. The standard InChI is InChI=1S/C16H29NO3/c1-12(2)13-6-4-8-16(10-13,15(18)19-3)17-11-14-7-5-9-20-14/h12-14,17H,4-11H2,1-3H3. The lowest BCUT2D eigenvalue weighted by atomic mass is 9.71. The molecular formula is C16H29NO3. The zero-order valence-corrected chi connectivity index (χ0v) is 13.1. The van der Waals surface area contributed by atoms with Gasteiger partial charge >= 0.3 is 5.97 Å². The van der Waals surface area contributed by atoms with E-state index in [9.17, 15) is 4.79 Å². The average molecular weight is 283 g/mol. The molecule has 1 heterocycles. The second-order valence-corrected chi connectivity index (χ2v) is 6.69. The van der Waals surface area contributed by atoms with Crippen LogP contribution in [-0.2, 0) is 14.3 Å². The molecule has 0 amide bonds. The molecule has 0 aromatic rings. The maximum Gasteiger partial charge on any atom is 0.326 e. The van der Waals surface area contributed by atoms with E-state index >= 15 is 0 Å². The Balaban J connectivity index is 2.02. The number of methoxy groups -OCH3 is 1. The largest absolute Gasteiger partial charge is 0.468 e. The van der Waals surface area contributed by atoms with Gasteiger partial charge in [-0.2, -0.15) is 0 Å². The Morgan fingerprint density at radius 2 is 2.20 bits per heavy atom. The van der Waals surface area contributed by atoms with Crippen LogP contribution in [0.1, 0.15) is 52.4 Å². The molecular weight excluding hydrogens is 254 g/mol. The van der Waals surface area contributed by atoms with E-state index in [0.717, 1.165) is 45.3 Å². The number of hydrogen-bond donors (Lipinski definition) is 1. The summed E-state index contributed by atoms with van der Waals surface area (Å²) in [6, 6.07) is 0. The van der Waals surface area contributed by atoms with Crippen molar-refractivity contribution < 1.29 is 14.3 Å². The molecule has 4 nitrogen and oxygen atoms in total. The number of ether oxygens (including phenoxy) is 2. The van der Waals surface area contributed by atoms with Crippen molar-refractivity contribution in [1.29, 1.82) is 0 Å². The molecule has 1 aliphatic carbocycles. The molecule has 1 aliphatic heterocycles. The fourth-order valence-corrected chi connectivity index (χ4v) is 3.61. The summed E-state index contributed by atoms with van der Waals surface area (Å²) in [5, 5.41) is 3.51. The minimum absolute atomic E-state index is 0.0964. The van der Waals surface area contributed by atoms with Gasteiger partial charge in [0.15, 0.2) is 0 Å². The van der Waals surface area contributed by atoms with Crippen molar-refractivity contribution in [1.82, 2.24) is 5.32 Å². The van der Waals surface area contributed by atoms with Crippen molar-refractivity contribution in [3.63, 3.8) is 0 Å². The summed E-state index contributed by atoms with van der Waals surface area (Å²) >= 11 is 0. The number of esters is 1. The van der Waals surface area contributed by atoms with Crippen molar-refractivity contribution in [2.24, 2.45) is 11.8 Å². The minimum atomic E-state index is -0.492. The molecule has 0 radical (unpaired) electrons. The summed E-state index contributed by atoms with van der Waals surface area (Å²) < 4.78 is 10.8. The third kappa shape index (κ3) is 3.53. The van der Waals surface area contributed by atoms with Crippen LogP contribution in [0.25, 0.3) is 0 Å². The zero-order chi connectivity index (χ0) is 14.6. The average Bonchev–Trinajstić information content (AvgIpc) is 2.97. The second kappa shape index (κ2) is 6.90. The zero-order valence-electron chi connectivity index (χ0n) is 13.1. The molecule has 1 saturated heterocycles. The lowest BCUT2D eigenvalue weighted by Crippen LogP contribution is -2.57. The van der Waals surface area contributed by atoms with E-state index in [2.05, 4.69) is 19.2 Å². The van der Waals surface area contributed by atoms with Gasteiger partial charge in [-0.1, -0.05) is 26.7 Å². The van der Waals surface area contributed by atoms with Crippen molar-refractivity contribution in [2.75, 3.05) is 20.3 Å². The molecule has 1 N–H and O–H groups in total. The van der Waals surface area contributed by atoms with Gasteiger partial charge in [-0.15, -0.1) is 0 Å². The second-order valence-electron chi connectivity index (χ2n) is 6.69. The third-order valence-corrected chi connectivity index (χ3v) is 5.00. The first kappa shape index (κ1) is 15.8. The Labute approximate surface area is 122 Å². The Morgan fingerprint density at radius 1 is 1.40 bits per heavy atom. The molecule has 20 heavy (non-hydrogen) atoms. The minimum Gasteiger partial charge on any atom is -0.468 e. The van der Waals surface area contributed by atoms with Crippen LogP contribution in [0.5, 0.6) is 0 Å². The molecule has 0 aromatic carbocycles. The number of rotatable bonds is 5. The molecule has 3 atom stereocenters. The van der Waals surface area contributed by atoms with E-state index in [0.29, 0.717) is 11.8 Å². The van der Waals surface area contributed by atoms with Gasteiger partial charge in [0.1, 0.15) is 5.54 Å². The Hall–Kier alpha value is -0.610. The highest BCUT2D eigenvalue weighted by atomic mass is 16.5. The highest BCUT2D eigenvalue weighted by molar-refractivity contribution is 5.81. The molecule has 2 aliphatic rings. The SMILES string of the molecule is COC(=O)C1(NCC2CCCO2)CCCC(C(C)C)C1. The summed E-state index contributed by atoms with van der Waals surface area (Å²) in [5.41, 5.74) is -0.492. The normalized spacial score (nSPS) is 34.4. The first-order valence-electron chi connectivity index (χ1n) is 8.02. The summed E-state index contributed by atoms with van der Waals surface area (Å²) in [7, 11) is 1.50. The highest BCUT2D eigenvalue weighted by Gasteiger charge is 2.44. The molecule has 2 rings (SSSR count). The van der Waals surface area contributed by atoms with Gasteiger partial charge in [0, 0.05) is 13.2 Å². The topological polar surface area (TPSA) is 47.6 Å². The fourth-order valence-electron chi connectivity index (χ4n) is 3.61. The highest BCUT2D eigenvalue weighted by Crippen LogP contribution is 2.37. The predicted molar refractivity (Wildman–Crippen MR) is 78.5 cm³/mol. The van der Waals surface area contributed by atoms with Gasteiger partial charge in [-0.3, -0.25) is 10.1 Å². The van der Waals surface area contributed by atoms with Gasteiger partial charge < -0.3 is 9.47 Å². The monoisotopic (exact) mass is 283 g/mol. The van der Waals surface area contributed by atoms with Crippen LogP contribution < -0.4 is 5.32 Å². The van der Waals surface area contributed by atoms with E-state index in [1.54, 1.807) is 0 Å². The fraction of sp³-hybridized carbons (Fsp3) is 0.938. The molecule has 4 heteroatoms. The summed E-state index contributed by atoms with van der Waals surface area (Å²) in [6.45, 7) is 6.11. The van der Waals surface area contributed by atoms with E-state index < -0.39 is 5.54 Å². The summed E-state index contributed by atoms with van der Waals surface area (Å²) in [6.07, 6.45) is 6.58. The maximum atomic E-state index is 12.3. The van der Waals surface area contributed by atoms with Gasteiger partial charge in [0.05, 0.1) is 13.2 Å². The molecule has 0 aromatic heterocycles. The Bertz CT molecular complexity index is 326. The smallest absolute Gasteiger partial charge is 0.326 e. The molecule has 2 fully saturated rings. The van der Waals surface area contributed by atoms with E-state index in [1.165, 1.54) is 13.5 Å². The molecule has 0 bridgehead atoms. The number of hydrogen-bond acceptors (Lipinski definition) is 4. The van der Waals surface area contributed by atoms with Crippen LogP contribution in [0.15, 0.2) is 0 Å². The number of carbonyl (C=O) groups excluding carboxylic acids is 1. The molecule has 0 spiro atoms. The van der Waals surface area contributed by atoms with E-state index in [1.807, 2.05) is 0 Å².